The Kier molecular flexibility index (Phi) is 3.88. The van der Waals surface area contributed by atoms with Crippen molar-refractivity contribution < 1.29 is 13.2 Å². The van der Waals surface area contributed by atoms with Crippen LogP contribution in [0.3, 0.4) is 0 Å². The molecule has 6 heteroatoms. The van der Waals surface area contributed by atoms with Crippen LogP contribution in [0, 0.1) is 0 Å². The van der Waals surface area contributed by atoms with Gasteiger partial charge in [-0.15, -0.1) is 0 Å². The fraction of sp³-hybridized carbons (Fsp3) is 0.875. The summed E-state index contributed by atoms with van der Waals surface area (Å²) in [5.41, 5.74) is 0. The molecular formula is C8H16N2O3S. The number of piperidine rings is 1. The van der Waals surface area contributed by atoms with Crippen molar-refractivity contribution in [2.45, 2.75) is 32.2 Å². The Labute approximate surface area is 84.3 Å². The fourth-order valence-electron chi connectivity index (χ4n) is 1.37. The monoisotopic (exact) mass is 220 g/mol. The van der Waals surface area contributed by atoms with Gasteiger partial charge >= 0.3 is 0 Å². The van der Waals surface area contributed by atoms with Crippen LogP contribution in [-0.4, -0.2) is 32.7 Å². The average molecular weight is 220 g/mol. The molecule has 14 heavy (non-hydrogen) atoms. The summed E-state index contributed by atoms with van der Waals surface area (Å²) in [4.78, 5) is 11.4. The fourth-order valence-corrected chi connectivity index (χ4v) is 1.97. The second kappa shape index (κ2) is 4.75. The molecule has 0 saturated carbocycles. The molecule has 0 aromatic rings. The molecule has 5 nitrogen and oxygen atoms in total. The van der Waals surface area contributed by atoms with E-state index in [1.165, 1.54) is 6.92 Å². The summed E-state index contributed by atoms with van der Waals surface area (Å²) in [6, 6.07) is -0.343. The van der Waals surface area contributed by atoms with E-state index in [0.717, 1.165) is 19.4 Å². The highest BCUT2D eigenvalue weighted by atomic mass is 32.2. The van der Waals surface area contributed by atoms with Crippen LogP contribution in [0.4, 0.5) is 0 Å². The molecule has 0 aromatic carbocycles. The van der Waals surface area contributed by atoms with E-state index in [2.05, 4.69) is 5.32 Å². The zero-order valence-electron chi connectivity index (χ0n) is 8.25. The number of hydrogen-bond acceptors (Lipinski definition) is 4. The van der Waals surface area contributed by atoms with Crippen LogP contribution in [0.1, 0.15) is 26.2 Å². The van der Waals surface area contributed by atoms with Crippen LogP contribution in [0.15, 0.2) is 0 Å². The standard InChI is InChI=1S/C8H16N2O3S/c1-2-14(12,13)10-8(11)7-5-3-4-6-9-7/h7,9H,2-6H2,1H3,(H,10,11)/t7-/m0/s1. The minimum atomic E-state index is -3.41. The summed E-state index contributed by atoms with van der Waals surface area (Å²) in [6.45, 7) is 2.29. The second-order valence-corrected chi connectivity index (χ2v) is 5.38. The maximum atomic E-state index is 11.4. The molecule has 1 saturated heterocycles. The predicted octanol–water partition coefficient (Wildman–Crippen LogP) is -0.406. The van der Waals surface area contributed by atoms with Crippen molar-refractivity contribution in [2.24, 2.45) is 0 Å². The number of rotatable bonds is 3. The van der Waals surface area contributed by atoms with E-state index < -0.39 is 15.9 Å². The first-order valence-corrected chi connectivity index (χ1v) is 6.48. The van der Waals surface area contributed by atoms with Gasteiger partial charge in [0.1, 0.15) is 0 Å². The molecule has 0 aliphatic carbocycles. The second-order valence-electron chi connectivity index (χ2n) is 3.37. The Hall–Kier alpha value is -0.620. The van der Waals surface area contributed by atoms with Crippen LogP contribution in [0.25, 0.3) is 0 Å². The number of carbonyl (C=O) groups excluding carboxylic acids is 1. The molecule has 0 aromatic heterocycles. The number of hydrogen-bond donors (Lipinski definition) is 2. The Morgan fingerprint density at radius 3 is 2.71 bits per heavy atom. The van der Waals surface area contributed by atoms with Gasteiger partial charge in [0.15, 0.2) is 0 Å². The predicted molar refractivity (Wildman–Crippen MR) is 53.2 cm³/mol. The summed E-state index contributed by atoms with van der Waals surface area (Å²) in [5, 5.41) is 2.99. The largest absolute Gasteiger partial charge is 0.306 e. The number of nitrogens with one attached hydrogen (secondary N) is 2. The molecule has 1 atom stereocenters. The van der Waals surface area contributed by atoms with Gasteiger partial charge in [0, 0.05) is 0 Å². The summed E-state index contributed by atoms with van der Waals surface area (Å²) >= 11 is 0. The van der Waals surface area contributed by atoms with Gasteiger partial charge in [0.25, 0.3) is 5.91 Å². The van der Waals surface area contributed by atoms with E-state index in [0.29, 0.717) is 6.42 Å². The molecule has 0 unspecified atom stereocenters. The van der Waals surface area contributed by atoms with Crippen LogP contribution in [0.2, 0.25) is 0 Å². The summed E-state index contributed by atoms with van der Waals surface area (Å²) in [5.74, 6) is -0.489. The lowest BCUT2D eigenvalue weighted by Gasteiger charge is -2.22. The van der Waals surface area contributed by atoms with Gasteiger partial charge in [0.2, 0.25) is 10.0 Å². The number of amides is 1. The summed E-state index contributed by atoms with van der Waals surface area (Å²) in [7, 11) is -3.41. The number of carbonyl (C=O) groups is 1. The first kappa shape index (κ1) is 11.5. The Balaban J connectivity index is 2.49. The Bertz CT molecular complexity index is 294. The van der Waals surface area contributed by atoms with Crippen molar-refractivity contribution in [3.63, 3.8) is 0 Å². The molecule has 0 bridgehead atoms. The summed E-state index contributed by atoms with van der Waals surface area (Å²) in [6.07, 6.45) is 2.73. The quantitative estimate of drug-likeness (QED) is 0.678. The first-order chi connectivity index (χ1) is 6.55. The van der Waals surface area contributed by atoms with Gasteiger partial charge in [-0.25, -0.2) is 8.42 Å². The van der Waals surface area contributed by atoms with E-state index in [1.807, 2.05) is 4.72 Å². The lowest BCUT2D eigenvalue weighted by Crippen LogP contribution is -2.48. The molecule has 2 N–H and O–H groups in total. The third-order valence-electron chi connectivity index (χ3n) is 2.26. The van der Waals surface area contributed by atoms with Gasteiger partial charge in [-0.1, -0.05) is 6.42 Å². The first-order valence-electron chi connectivity index (χ1n) is 4.83. The van der Waals surface area contributed by atoms with Crippen molar-refractivity contribution in [1.82, 2.24) is 10.0 Å². The Morgan fingerprint density at radius 2 is 2.21 bits per heavy atom. The maximum Gasteiger partial charge on any atom is 0.250 e. The van der Waals surface area contributed by atoms with E-state index in [9.17, 15) is 13.2 Å². The molecule has 0 spiro atoms. The van der Waals surface area contributed by atoms with Crippen molar-refractivity contribution in [1.29, 1.82) is 0 Å². The van der Waals surface area contributed by atoms with Crippen LogP contribution in [0.5, 0.6) is 0 Å². The molecule has 1 rings (SSSR count). The van der Waals surface area contributed by atoms with Crippen molar-refractivity contribution >= 4 is 15.9 Å². The molecule has 1 fully saturated rings. The smallest absolute Gasteiger partial charge is 0.250 e. The highest BCUT2D eigenvalue weighted by molar-refractivity contribution is 7.90. The summed E-state index contributed by atoms with van der Waals surface area (Å²) < 4.78 is 24.2. The molecular weight excluding hydrogens is 204 g/mol. The zero-order chi connectivity index (χ0) is 10.6. The van der Waals surface area contributed by atoms with E-state index in [-0.39, 0.29) is 11.8 Å². The molecule has 1 aliphatic heterocycles. The third-order valence-corrected chi connectivity index (χ3v) is 3.54. The van der Waals surface area contributed by atoms with Gasteiger partial charge < -0.3 is 5.32 Å². The molecule has 0 radical (unpaired) electrons. The van der Waals surface area contributed by atoms with Crippen molar-refractivity contribution in [3.05, 3.63) is 0 Å². The molecule has 1 amide bonds. The lowest BCUT2D eigenvalue weighted by atomic mass is 10.1. The van der Waals surface area contributed by atoms with Crippen LogP contribution in [-0.2, 0) is 14.8 Å². The highest BCUT2D eigenvalue weighted by Gasteiger charge is 2.23. The van der Waals surface area contributed by atoms with E-state index in [1.54, 1.807) is 0 Å². The average Bonchev–Trinajstić information content (AvgIpc) is 2.19. The van der Waals surface area contributed by atoms with Gasteiger partial charge in [-0.3, -0.25) is 9.52 Å². The molecule has 1 aliphatic rings. The van der Waals surface area contributed by atoms with Gasteiger partial charge in [-0.05, 0) is 26.3 Å². The minimum Gasteiger partial charge on any atom is -0.306 e. The van der Waals surface area contributed by atoms with Crippen LogP contribution >= 0.6 is 0 Å². The highest BCUT2D eigenvalue weighted by Crippen LogP contribution is 2.07. The lowest BCUT2D eigenvalue weighted by molar-refractivity contribution is -0.121. The van der Waals surface area contributed by atoms with E-state index >= 15 is 0 Å². The minimum absolute atomic E-state index is 0.0640. The maximum absolute atomic E-state index is 11.4. The topological polar surface area (TPSA) is 75.3 Å². The van der Waals surface area contributed by atoms with Crippen molar-refractivity contribution in [2.75, 3.05) is 12.3 Å². The molecule has 82 valence electrons. The normalized spacial score (nSPS) is 23.1. The van der Waals surface area contributed by atoms with Crippen molar-refractivity contribution in [3.8, 4) is 0 Å². The van der Waals surface area contributed by atoms with Gasteiger partial charge in [0.05, 0.1) is 11.8 Å². The van der Waals surface area contributed by atoms with E-state index in [4.69, 9.17) is 0 Å². The van der Waals surface area contributed by atoms with Crippen LogP contribution < -0.4 is 10.0 Å². The SMILES string of the molecule is CCS(=O)(=O)NC(=O)[C@@H]1CCCCN1. The third kappa shape index (κ3) is 3.26. The zero-order valence-corrected chi connectivity index (χ0v) is 9.06. The Morgan fingerprint density at radius 1 is 1.50 bits per heavy atom. The van der Waals surface area contributed by atoms with Gasteiger partial charge in [-0.2, -0.15) is 0 Å². The molecule has 1 heterocycles. The number of sulfonamides is 1.